The highest BCUT2D eigenvalue weighted by Gasteiger charge is 2.36. The van der Waals surface area contributed by atoms with Crippen LogP contribution in [0.1, 0.15) is 22.3 Å². The van der Waals surface area contributed by atoms with E-state index in [4.69, 9.17) is 10.1 Å². The Morgan fingerprint density at radius 2 is 1.71 bits per heavy atom. The molecule has 38 heavy (non-hydrogen) atoms. The molecule has 0 bridgehead atoms. The van der Waals surface area contributed by atoms with E-state index in [-0.39, 0.29) is 11.4 Å². The molecule has 0 saturated heterocycles. The number of hydrogen-bond acceptors (Lipinski definition) is 4. The van der Waals surface area contributed by atoms with Crippen molar-refractivity contribution in [2.24, 2.45) is 4.99 Å². The van der Waals surface area contributed by atoms with Crippen LogP contribution in [0.25, 0.3) is 22.7 Å². The molecule has 4 aromatic rings. The lowest BCUT2D eigenvalue weighted by Gasteiger charge is -2.26. The maximum atomic E-state index is 13.0. The number of fused-ring (bicyclic) bond motifs is 2. The van der Waals surface area contributed by atoms with Gasteiger partial charge >= 0.3 is 0 Å². The minimum Gasteiger partial charge on any atom is -0.491 e. The number of aromatic nitrogens is 1. The summed E-state index contributed by atoms with van der Waals surface area (Å²) in [6, 6.07) is 24.1. The lowest BCUT2D eigenvalue weighted by Crippen LogP contribution is -2.38. The van der Waals surface area contributed by atoms with E-state index in [1.54, 1.807) is 11.0 Å². The summed E-state index contributed by atoms with van der Waals surface area (Å²) in [5, 5.41) is 12.4. The summed E-state index contributed by atoms with van der Waals surface area (Å²) in [6.45, 7) is 5.27. The summed E-state index contributed by atoms with van der Waals surface area (Å²) in [4.78, 5) is 19.1. The average Bonchev–Trinajstić information content (AvgIpc) is 3.50. The van der Waals surface area contributed by atoms with Crippen molar-refractivity contribution in [3.05, 3.63) is 112 Å². The first kappa shape index (κ1) is 24.0. The topological polar surface area (TPSA) is 70.7 Å². The van der Waals surface area contributed by atoms with E-state index in [0.717, 1.165) is 44.6 Å². The number of amides is 1. The van der Waals surface area contributed by atoms with Gasteiger partial charge in [0.25, 0.3) is 5.91 Å². The molecule has 0 unspecified atom stereocenters. The van der Waals surface area contributed by atoms with Crippen molar-refractivity contribution in [3.63, 3.8) is 0 Å². The van der Waals surface area contributed by atoms with Gasteiger partial charge in [0, 0.05) is 28.1 Å². The Hall–Kier alpha value is -4.36. The van der Waals surface area contributed by atoms with Crippen LogP contribution in [0, 0.1) is 19.3 Å². The van der Waals surface area contributed by atoms with Crippen LogP contribution in [-0.2, 0) is 11.3 Å². The number of aliphatic imine (C=N–C) groups is 1. The largest absolute Gasteiger partial charge is 0.491 e. The van der Waals surface area contributed by atoms with E-state index in [2.05, 4.69) is 41.6 Å². The van der Waals surface area contributed by atoms with Crippen molar-refractivity contribution in [2.45, 2.75) is 20.4 Å². The Kier molecular flexibility index (Phi) is 6.21. The molecule has 2 aliphatic heterocycles. The number of carbonyl (C=O) groups excluding carboxylic acids is 1. The Morgan fingerprint density at radius 1 is 0.974 bits per heavy atom. The van der Waals surface area contributed by atoms with E-state index >= 15 is 0 Å². The second-order valence-corrected chi connectivity index (χ2v) is 10.1. The fraction of sp³-hybridized carbons (Fsp3) is 0.129. The van der Waals surface area contributed by atoms with Gasteiger partial charge in [-0.3, -0.25) is 15.1 Å². The number of nitrogens with one attached hydrogen (secondary N) is 1. The van der Waals surface area contributed by atoms with Crippen LogP contribution in [0.5, 0.6) is 5.75 Å². The molecule has 0 radical (unpaired) electrons. The second-order valence-electron chi connectivity index (χ2n) is 9.29. The number of amidine groups is 2. The average molecular weight is 519 g/mol. The van der Waals surface area contributed by atoms with Gasteiger partial charge in [-0.2, -0.15) is 4.99 Å². The molecule has 3 aromatic carbocycles. The van der Waals surface area contributed by atoms with Crippen LogP contribution in [0.4, 0.5) is 0 Å². The molecule has 0 fully saturated rings. The molecular weight excluding hydrogens is 492 g/mol. The molecule has 7 heteroatoms. The molecule has 0 spiro atoms. The van der Waals surface area contributed by atoms with Crippen LogP contribution in [-0.4, -0.2) is 33.0 Å². The molecule has 1 aromatic heterocycles. The summed E-state index contributed by atoms with van der Waals surface area (Å²) < 4.78 is 8.30. The normalized spacial score (nSPS) is 16.2. The second kappa shape index (κ2) is 9.84. The minimum atomic E-state index is -0.397. The fourth-order valence-corrected chi connectivity index (χ4v) is 5.81. The number of nitrogens with zero attached hydrogens (tertiary/aromatic N) is 3. The van der Waals surface area contributed by atoms with Crippen molar-refractivity contribution < 1.29 is 9.53 Å². The van der Waals surface area contributed by atoms with Gasteiger partial charge in [0.05, 0.1) is 17.8 Å². The first-order chi connectivity index (χ1) is 18.5. The number of rotatable bonds is 6. The highest BCUT2D eigenvalue weighted by atomic mass is 32.2. The Bertz CT molecular complexity index is 1660. The fourth-order valence-electron chi connectivity index (χ4n) is 4.92. The number of benzene rings is 3. The van der Waals surface area contributed by atoms with E-state index in [9.17, 15) is 4.79 Å². The van der Waals surface area contributed by atoms with Crippen LogP contribution in [0.15, 0.2) is 95.0 Å². The van der Waals surface area contributed by atoms with Crippen molar-refractivity contribution in [2.75, 3.05) is 6.61 Å². The smallest absolute Gasteiger partial charge is 0.283 e. The van der Waals surface area contributed by atoms with Crippen molar-refractivity contribution in [1.82, 2.24) is 9.47 Å². The molecule has 0 atom stereocenters. The Labute approximate surface area is 225 Å². The number of thioether (sulfide) groups is 1. The first-order valence-electron chi connectivity index (χ1n) is 12.4. The molecule has 0 saturated carbocycles. The summed E-state index contributed by atoms with van der Waals surface area (Å²) >= 11 is 1.37. The van der Waals surface area contributed by atoms with Gasteiger partial charge < -0.3 is 9.30 Å². The molecule has 6 nitrogen and oxygen atoms in total. The predicted octanol–water partition coefficient (Wildman–Crippen LogP) is 6.64. The zero-order valence-electron chi connectivity index (χ0n) is 21.1. The zero-order chi connectivity index (χ0) is 26.2. The predicted molar refractivity (Wildman–Crippen MR) is 155 cm³/mol. The van der Waals surface area contributed by atoms with E-state index in [0.29, 0.717) is 18.3 Å². The zero-order valence-corrected chi connectivity index (χ0v) is 22.0. The van der Waals surface area contributed by atoms with Gasteiger partial charge in [-0.1, -0.05) is 78.5 Å². The van der Waals surface area contributed by atoms with Gasteiger partial charge in [-0.15, -0.1) is 0 Å². The highest BCUT2D eigenvalue weighted by Crippen LogP contribution is 2.37. The van der Waals surface area contributed by atoms with Crippen LogP contribution in [0.2, 0.25) is 0 Å². The lowest BCUT2D eigenvalue weighted by atomic mass is 10.1. The molecule has 3 heterocycles. The van der Waals surface area contributed by atoms with E-state index in [1.807, 2.05) is 66.2 Å². The third-order valence-electron chi connectivity index (χ3n) is 6.79. The van der Waals surface area contributed by atoms with Crippen LogP contribution in [0.3, 0.4) is 0 Å². The van der Waals surface area contributed by atoms with Crippen LogP contribution >= 0.6 is 11.8 Å². The summed E-state index contributed by atoms with van der Waals surface area (Å²) in [7, 11) is 0. The lowest BCUT2D eigenvalue weighted by molar-refractivity contribution is -0.114. The molecule has 1 N–H and O–H groups in total. The quantitative estimate of drug-likeness (QED) is 0.291. The molecule has 0 aliphatic carbocycles. The highest BCUT2D eigenvalue weighted by molar-refractivity contribution is 8.17. The molecule has 1 amide bonds. The first-order valence-corrected chi connectivity index (χ1v) is 13.3. The minimum absolute atomic E-state index is 0.135. The van der Waals surface area contributed by atoms with Gasteiger partial charge in [0.2, 0.25) is 0 Å². The SMILES string of the molecule is Cc1cccc(C)c1OCCn1cc(/C=C2/C(=N)N3C(c4ccccc4)=CSC3=NC2=O)c2ccccc21. The van der Waals surface area contributed by atoms with Gasteiger partial charge in [0.15, 0.2) is 5.17 Å². The summed E-state index contributed by atoms with van der Waals surface area (Å²) in [5.41, 5.74) is 6.25. The monoisotopic (exact) mass is 518 g/mol. The number of aryl methyl sites for hydroxylation is 2. The van der Waals surface area contributed by atoms with Crippen molar-refractivity contribution >= 4 is 51.3 Å². The number of ether oxygens (including phenoxy) is 1. The van der Waals surface area contributed by atoms with Gasteiger partial charge in [0.1, 0.15) is 18.2 Å². The van der Waals surface area contributed by atoms with Crippen LogP contribution < -0.4 is 4.74 Å². The third-order valence-corrected chi connectivity index (χ3v) is 7.62. The molecule has 188 valence electrons. The number of para-hydroxylation sites is 2. The van der Waals surface area contributed by atoms with Gasteiger partial charge in [-0.05, 0) is 42.7 Å². The van der Waals surface area contributed by atoms with E-state index < -0.39 is 5.91 Å². The maximum absolute atomic E-state index is 13.0. The standard InChI is InChI=1S/C31H26N4O2S/c1-20-9-8-10-21(2)28(20)37-16-15-34-18-23(24-13-6-7-14-26(24)34)17-25-29(32)35-27(22-11-4-3-5-12-22)19-38-31(35)33-30(25)36/h3-14,17-19,32H,15-16H2,1-2H3/b25-17-,32-29?. The maximum Gasteiger partial charge on any atom is 0.283 e. The molecular formula is C31H26N4O2S. The Morgan fingerprint density at radius 3 is 2.50 bits per heavy atom. The Balaban J connectivity index is 1.31. The van der Waals surface area contributed by atoms with E-state index in [1.165, 1.54) is 11.8 Å². The summed E-state index contributed by atoms with van der Waals surface area (Å²) in [6.07, 6.45) is 3.82. The van der Waals surface area contributed by atoms with Crippen molar-refractivity contribution in [3.8, 4) is 5.75 Å². The number of carbonyl (C=O) groups is 1. The van der Waals surface area contributed by atoms with Crippen molar-refractivity contribution in [1.29, 1.82) is 5.41 Å². The molecule has 6 rings (SSSR count). The molecule has 2 aliphatic rings. The van der Waals surface area contributed by atoms with Gasteiger partial charge in [-0.25, -0.2) is 0 Å². The number of hydrogen-bond donors (Lipinski definition) is 1. The third kappa shape index (κ3) is 4.25. The summed E-state index contributed by atoms with van der Waals surface area (Å²) in [5.74, 6) is 0.661.